The number of nitrogens with zero attached hydrogens (tertiary/aromatic N) is 2. The summed E-state index contributed by atoms with van der Waals surface area (Å²) in [5.41, 5.74) is -0.00727. The van der Waals surface area contributed by atoms with Crippen molar-refractivity contribution in [2.24, 2.45) is 5.92 Å². The summed E-state index contributed by atoms with van der Waals surface area (Å²) in [6.45, 7) is 4.85. The predicted octanol–water partition coefficient (Wildman–Crippen LogP) is 1.86. The van der Waals surface area contributed by atoms with Crippen molar-refractivity contribution in [3.63, 3.8) is 0 Å². The molecule has 88 valence electrons. The first-order chi connectivity index (χ1) is 7.76. The quantitative estimate of drug-likeness (QED) is 0.825. The minimum absolute atomic E-state index is 0.00727. The van der Waals surface area contributed by atoms with Gasteiger partial charge in [0.25, 0.3) is 5.56 Å². The molecule has 4 nitrogen and oxygen atoms in total. The standard InChI is InChI=1S/C12H19N3O/c1-3-5-9-8-10(9)14-11-12(16)15(4-2)7-6-13-11/h6-7,9-10H,3-5,8H2,1-2H3,(H,13,14). The normalized spacial score (nSPS) is 23.1. The largest absolute Gasteiger partial charge is 0.362 e. The molecule has 1 aromatic rings. The summed E-state index contributed by atoms with van der Waals surface area (Å²) >= 11 is 0. The van der Waals surface area contributed by atoms with E-state index in [9.17, 15) is 4.79 Å². The van der Waals surface area contributed by atoms with Gasteiger partial charge in [-0.2, -0.15) is 0 Å². The molecule has 1 aromatic heterocycles. The lowest BCUT2D eigenvalue weighted by molar-refractivity contribution is 0.687. The maximum absolute atomic E-state index is 11.9. The Morgan fingerprint density at radius 1 is 1.56 bits per heavy atom. The number of hydrogen-bond acceptors (Lipinski definition) is 3. The van der Waals surface area contributed by atoms with Gasteiger partial charge >= 0.3 is 0 Å². The van der Waals surface area contributed by atoms with Crippen molar-refractivity contribution in [3.05, 3.63) is 22.7 Å². The maximum Gasteiger partial charge on any atom is 0.293 e. The number of hydrogen-bond donors (Lipinski definition) is 1. The van der Waals surface area contributed by atoms with Gasteiger partial charge in [-0.25, -0.2) is 4.98 Å². The van der Waals surface area contributed by atoms with Gasteiger partial charge in [0.2, 0.25) is 0 Å². The van der Waals surface area contributed by atoms with Crippen molar-refractivity contribution in [1.82, 2.24) is 9.55 Å². The van der Waals surface area contributed by atoms with E-state index >= 15 is 0 Å². The molecule has 1 aliphatic rings. The lowest BCUT2D eigenvalue weighted by atomic mass is 10.2. The van der Waals surface area contributed by atoms with E-state index in [1.54, 1.807) is 17.0 Å². The highest BCUT2D eigenvalue weighted by Gasteiger charge is 2.36. The first-order valence-electron chi connectivity index (χ1n) is 6.08. The van der Waals surface area contributed by atoms with Crippen molar-refractivity contribution >= 4 is 5.82 Å². The Kier molecular flexibility index (Phi) is 3.27. The van der Waals surface area contributed by atoms with E-state index in [4.69, 9.17) is 0 Å². The van der Waals surface area contributed by atoms with Gasteiger partial charge < -0.3 is 9.88 Å². The van der Waals surface area contributed by atoms with Crippen LogP contribution in [0.1, 0.15) is 33.1 Å². The summed E-state index contributed by atoms with van der Waals surface area (Å²) in [4.78, 5) is 16.0. The molecule has 0 radical (unpaired) electrons. The molecular formula is C12H19N3O. The van der Waals surface area contributed by atoms with Crippen LogP contribution >= 0.6 is 0 Å². The van der Waals surface area contributed by atoms with Crippen LogP contribution in [0, 0.1) is 5.92 Å². The molecule has 0 amide bonds. The third-order valence-electron chi connectivity index (χ3n) is 3.16. The zero-order valence-electron chi connectivity index (χ0n) is 9.94. The van der Waals surface area contributed by atoms with Gasteiger partial charge in [0.1, 0.15) is 0 Å². The Morgan fingerprint density at radius 2 is 2.38 bits per heavy atom. The molecule has 1 saturated carbocycles. The summed E-state index contributed by atoms with van der Waals surface area (Å²) in [6.07, 6.45) is 7.04. The summed E-state index contributed by atoms with van der Waals surface area (Å²) in [7, 11) is 0. The molecule has 0 aromatic carbocycles. The van der Waals surface area contributed by atoms with E-state index in [1.807, 2.05) is 6.92 Å². The molecular weight excluding hydrogens is 202 g/mol. The zero-order valence-corrected chi connectivity index (χ0v) is 9.94. The molecule has 16 heavy (non-hydrogen) atoms. The zero-order chi connectivity index (χ0) is 11.5. The molecule has 4 heteroatoms. The van der Waals surface area contributed by atoms with Crippen LogP contribution in [0.4, 0.5) is 5.82 Å². The minimum atomic E-state index is -0.00727. The van der Waals surface area contributed by atoms with Gasteiger partial charge in [0.05, 0.1) is 0 Å². The van der Waals surface area contributed by atoms with E-state index < -0.39 is 0 Å². The van der Waals surface area contributed by atoms with Crippen LogP contribution in [0.3, 0.4) is 0 Å². The van der Waals surface area contributed by atoms with Gasteiger partial charge in [0.15, 0.2) is 5.82 Å². The number of rotatable bonds is 5. The third kappa shape index (κ3) is 2.26. The van der Waals surface area contributed by atoms with Gasteiger partial charge in [0, 0.05) is 25.0 Å². The smallest absolute Gasteiger partial charge is 0.293 e. The molecule has 2 rings (SSSR count). The van der Waals surface area contributed by atoms with Crippen LogP contribution in [0.25, 0.3) is 0 Å². The predicted molar refractivity (Wildman–Crippen MR) is 64.6 cm³/mol. The van der Waals surface area contributed by atoms with E-state index in [1.165, 1.54) is 19.3 Å². The van der Waals surface area contributed by atoms with Gasteiger partial charge in [-0.15, -0.1) is 0 Å². The highest BCUT2D eigenvalue weighted by molar-refractivity contribution is 5.34. The van der Waals surface area contributed by atoms with Crippen LogP contribution in [0.2, 0.25) is 0 Å². The van der Waals surface area contributed by atoms with E-state index in [0.717, 1.165) is 5.92 Å². The molecule has 2 unspecified atom stereocenters. The molecule has 2 atom stereocenters. The fraction of sp³-hybridized carbons (Fsp3) is 0.667. The van der Waals surface area contributed by atoms with Crippen molar-refractivity contribution in [3.8, 4) is 0 Å². The summed E-state index contributed by atoms with van der Waals surface area (Å²) in [5, 5.41) is 3.25. The van der Waals surface area contributed by atoms with Gasteiger partial charge in [-0.1, -0.05) is 13.3 Å². The first kappa shape index (κ1) is 11.2. The molecule has 1 heterocycles. The molecule has 0 spiro atoms. The Balaban J connectivity index is 2.03. The second-order valence-corrected chi connectivity index (χ2v) is 4.40. The van der Waals surface area contributed by atoms with E-state index in [-0.39, 0.29) is 5.56 Å². The van der Waals surface area contributed by atoms with Gasteiger partial charge in [-0.3, -0.25) is 4.79 Å². The van der Waals surface area contributed by atoms with Crippen molar-refractivity contribution in [2.45, 2.75) is 45.7 Å². The third-order valence-corrected chi connectivity index (χ3v) is 3.16. The van der Waals surface area contributed by atoms with Crippen LogP contribution in [0.5, 0.6) is 0 Å². The molecule has 1 aliphatic carbocycles. The Hall–Kier alpha value is -1.32. The molecule has 0 aliphatic heterocycles. The van der Waals surface area contributed by atoms with E-state index in [2.05, 4.69) is 17.2 Å². The number of anilines is 1. The molecule has 0 bridgehead atoms. The molecule has 0 saturated heterocycles. The number of nitrogens with one attached hydrogen (secondary N) is 1. The van der Waals surface area contributed by atoms with Crippen LogP contribution in [-0.4, -0.2) is 15.6 Å². The second kappa shape index (κ2) is 4.68. The lowest BCUT2D eigenvalue weighted by Gasteiger charge is -2.06. The first-order valence-corrected chi connectivity index (χ1v) is 6.08. The van der Waals surface area contributed by atoms with Crippen LogP contribution in [0.15, 0.2) is 17.2 Å². The van der Waals surface area contributed by atoms with Crippen molar-refractivity contribution in [1.29, 1.82) is 0 Å². The van der Waals surface area contributed by atoms with Crippen LogP contribution in [-0.2, 0) is 6.54 Å². The molecule has 1 fully saturated rings. The average molecular weight is 221 g/mol. The fourth-order valence-electron chi connectivity index (χ4n) is 2.09. The highest BCUT2D eigenvalue weighted by atomic mass is 16.1. The fourth-order valence-corrected chi connectivity index (χ4v) is 2.09. The van der Waals surface area contributed by atoms with E-state index in [0.29, 0.717) is 18.4 Å². The average Bonchev–Trinajstić information content (AvgIpc) is 3.00. The Morgan fingerprint density at radius 3 is 3.06 bits per heavy atom. The summed E-state index contributed by atoms with van der Waals surface area (Å²) < 4.78 is 1.67. The SMILES string of the molecule is CCCC1CC1Nc1nccn(CC)c1=O. The molecule has 1 N–H and O–H groups in total. The Labute approximate surface area is 95.7 Å². The number of aromatic nitrogens is 2. The van der Waals surface area contributed by atoms with Crippen LogP contribution < -0.4 is 10.9 Å². The van der Waals surface area contributed by atoms with Crippen molar-refractivity contribution < 1.29 is 0 Å². The second-order valence-electron chi connectivity index (χ2n) is 4.40. The maximum atomic E-state index is 11.9. The minimum Gasteiger partial charge on any atom is -0.362 e. The summed E-state index contributed by atoms with van der Waals surface area (Å²) in [6, 6.07) is 0.466. The number of aryl methyl sites for hydroxylation is 1. The Bertz CT molecular complexity index is 413. The highest BCUT2D eigenvalue weighted by Crippen LogP contribution is 2.36. The summed E-state index contributed by atoms with van der Waals surface area (Å²) in [5.74, 6) is 1.24. The lowest BCUT2D eigenvalue weighted by Crippen LogP contribution is -2.24. The van der Waals surface area contributed by atoms with Gasteiger partial charge in [-0.05, 0) is 25.7 Å². The van der Waals surface area contributed by atoms with Crippen molar-refractivity contribution in [2.75, 3.05) is 5.32 Å². The monoisotopic (exact) mass is 221 g/mol. The topological polar surface area (TPSA) is 46.9 Å².